The van der Waals surface area contributed by atoms with Crippen LogP contribution in [0.2, 0.25) is 0 Å². The van der Waals surface area contributed by atoms with Crippen molar-refractivity contribution in [2.24, 2.45) is 0 Å². The summed E-state index contributed by atoms with van der Waals surface area (Å²) in [6, 6.07) is 0. The molecule has 0 aromatic carbocycles. The molecule has 0 saturated carbocycles. The molecule has 9 nitrogen and oxygen atoms in total. The number of rotatable bonds is 43. The second kappa shape index (κ2) is 44.8. The van der Waals surface area contributed by atoms with Crippen LogP contribution in [-0.2, 0) is 33.3 Å². The first-order valence-electron chi connectivity index (χ1n) is 24.4. The van der Waals surface area contributed by atoms with E-state index in [4.69, 9.17) is 18.9 Å². The quantitative estimate of drug-likeness (QED) is 0.0212. The number of hydrogen-bond donors (Lipinski definition) is 1. The Morgan fingerprint density at radius 2 is 0.905 bits per heavy atom. The maximum atomic E-state index is 12.8. The van der Waals surface area contributed by atoms with Crippen LogP contribution in [0.5, 0.6) is 0 Å². The second-order valence-electron chi connectivity index (χ2n) is 17.0. The molecule has 0 amide bonds. The van der Waals surface area contributed by atoms with Crippen LogP contribution in [0.25, 0.3) is 0 Å². The van der Waals surface area contributed by atoms with Gasteiger partial charge in [-0.3, -0.25) is 9.59 Å². The van der Waals surface area contributed by atoms with E-state index in [9.17, 15) is 19.5 Å². The molecule has 1 N–H and O–H groups in total. The van der Waals surface area contributed by atoms with Crippen LogP contribution in [0.4, 0.5) is 0 Å². The van der Waals surface area contributed by atoms with Crippen LogP contribution < -0.4 is 0 Å². The number of likely N-dealkylation sites (N-methyl/N-ethyl adjacent to an activating group) is 1. The third kappa shape index (κ3) is 46.0. The van der Waals surface area contributed by atoms with Gasteiger partial charge in [-0.15, -0.1) is 0 Å². The maximum absolute atomic E-state index is 12.8. The van der Waals surface area contributed by atoms with Gasteiger partial charge < -0.3 is 28.5 Å². The van der Waals surface area contributed by atoms with Crippen molar-refractivity contribution in [1.29, 1.82) is 0 Å². The summed E-state index contributed by atoms with van der Waals surface area (Å²) in [5.74, 6) is -2.08. The number of allylic oxidation sites excluding steroid dienone is 16. The van der Waals surface area contributed by atoms with Gasteiger partial charge in [-0.2, -0.15) is 0 Å². The molecule has 0 fully saturated rings. The van der Waals surface area contributed by atoms with Crippen molar-refractivity contribution >= 4 is 17.9 Å². The lowest BCUT2D eigenvalue weighted by Gasteiger charge is -2.25. The van der Waals surface area contributed by atoms with E-state index in [0.29, 0.717) is 17.4 Å². The van der Waals surface area contributed by atoms with Gasteiger partial charge in [-0.1, -0.05) is 156 Å². The number of nitrogens with zero attached hydrogens (tertiary/aromatic N) is 1. The standard InChI is InChI=1S/C54H89NO8/c1-6-8-10-12-14-16-18-20-21-22-23-24-25-26-27-28-29-30-31-33-35-37-39-41-43-45-52(57)63-50(49-62-54(53(58)59)60-47-46-55(3,4)5)48-61-51(56)44-42-40-38-36-34-32-19-17-15-13-11-9-7-2/h8,10,14,16-17,19-21,23-24,26-27,29-30,33,35,50,54H,6-7,9,11-13,15,18,22,25,28,31-32,34,36-49H2,1-5H3/p+1/b10-8-,16-14-,19-17-,21-20-,24-23-,27-26-,30-29-,35-33-. The molecule has 0 bridgehead atoms. The van der Waals surface area contributed by atoms with Crippen molar-refractivity contribution in [3.8, 4) is 0 Å². The summed E-state index contributed by atoms with van der Waals surface area (Å²) in [6.07, 6.45) is 56.1. The molecular weight excluding hydrogens is 791 g/mol. The summed E-state index contributed by atoms with van der Waals surface area (Å²) in [7, 11) is 5.93. The first kappa shape index (κ1) is 59.2. The van der Waals surface area contributed by atoms with Gasteiger partial charge in [0.1, 0.15) is 13.2 Å². The lowest BCUT2D eigenvalue weighted by atomic mass is 10.1. The normalized spacial score (nSPS) is 13.7. The monoisotopic (exact) mass is 881 g/mol. The Kier molecular flexibility index (Phi) is 42.1. The van der Waals surface area contributed by atoms with Crippen LogP contribution in [0.3, 0.4) is 0 Å². The van der Waals surface area contributed by atoms with E-state index in [0.717, 1.165) is 103 Å². The molecule has 0 aliphatic rings. The Labute approximate surface area is 384 Å². The molecule has 0 heterocycles. The lowest BCUT2D eigenvalue weighted by molar-refractivity contribution is -0.870. The van der Waals surface area contributed by atoms with Crippen LogP contribution in [0.1, 0.15) is 168 Å². The molecule has 0 aromatic heterocycles. The predicted molar refractivity (Wildman–Crippen MR) is 262 cm³/mol. The third-order valence-corrected chi connectivity index (χ3v) is 9.82. The number of ether oxygens (including phenoxy) is 4. The van der Waals surface area contributed by atoms with E-state index in [1.807, 2.05) is 21.1 Å². The van der Waals surface area contributed by atoms with E-state index in [-0.39, 0.29) is 38.6 Å². The van der Waals surface area contributed by atoms with Crippen LogP contribution in [0.15, 0.2) is 97.2 Å². The van der Waals surface area contributed by atoms with Gasteiger partial charge in [-0.05, 0) is 96.3 Å². The van der Waals surface area contributed by atoms with Crippen LogP contribution in [-0.4, -0.2) is 87.4 Å². The fourth-order valence-electron chi connectivity index (χ4n) is 6.04. The van der Waals surface area contributed by atoms with Gasteiger partial charge in [0, 0.05) is 12.8 Å². The summed E-state index contributed by atoms with van der Waals surface area (Å²) in [5.41, 5.74) is 0. The highest BCUT2D eigenvalue weighted by Crippen LogP contribution is 2.12. The highest BCUT2D eigenvalue weighted by Gasteiger charge is 2.25. The van der Waals surface area contributed by atoms with Gasteiger partial charge in [-0.25, -0.2) is 4.79 Å². The average Bonchev–Trinajstić information content (AvgIpc) is 3.24. The zero-order chi connectivity index (χ0) is 46.3. The molecule has 0 saturated heterocycles. The maximum Gasteiger partial charge on any atom is 0.361 e. The van der Waals surface area contributed by atoms with Gasteiger partial charge >= 0.3 is 17.9 Å². The van der Waals surface area contributed by atoms with Crippen LogP contribution in [0, 0.1) is 0 Å². The Balaban J connectivity index is 4.47. The third-order valence-electron chi connectivity index (χ3n) is 9.82. The summed E-state index contributed by atoms with van der Waals surface area (Å²) in [5, 5.41) is 9.65. The van der Waals surface area contributed by atoms with Crippen molar-refractivity contribution in [3.05, 3.63) is 97.2 Å². The SMILES string of the molecule is CC/C=C\C/C=C\C/C=C\C/C=C\C/C=C\C/C=C\C/C=C\CCCCCC(=O)OC(COC(=O)CCCCCCC/C=C\CCCCCC)COC(OCC[N+](C)(C)C)C(=O)O. The Morgan fingerprint density at radius 1 is 0.492 bits per heavy atom. The minimum absolute atomic E-state index is 0.174. The number of carboxylic acids is 1. The molecule has 0 radical (unpaired) electrons. The fourth-order valence-corrected chi connectivity index (χ4v) is 6.04. The highest BCUT2D eigenvalue weighted by molar-refractivity contribution is 5.71. The predicted octanol–water partition coefficient (Wildman–Crippen LogP) is 13.4. The molecule has 0 aliphatic carbocycles. The number of esters is 2. The summed E-state index contributed by atoms with van der Waals surface area (Å²) in [6.45, 7) is 4.66. The lowest BCUT2D eigenvalue weighted by Crippen LogP contribution is -2.40. The largest absolute Gasteiger partial charge is 0.477 e. The number of carbonyl (C=O) groups excluding carboxylic acids is 2. The number of carboxylic acid groups (broad SMARTS) is 1. The topological polar surface area (TPSA) is 108 Å². The fraction of sp³-hybridized carbons (Fsp3) is 0.648. The molecule has 0 aliphatic heterocycles. The number of unbranched alkanes of at least 4 members (excludes halogenated alkanes) is 12. The summed E-state index contributed by atoms with van der Waals surface area (Å²) in [4.78, 5) is 37.2. The number of carbonyl (C=O) groups is 3. The van der Waals surface area contributed by atoms with Gasteiger partial charge in [0.05, 0.1) is 34.4 Å². The molecule has 2 atom stereocenters. The minimum atomic E-state index is -1.53. The molecule has 0 aromatic rings. The molecule has 0 rings (SSSR count). The molecular formula is C54H90NO8+. The van der Waals surface area contributed by atoms with E-state index < -0.39 is 24.3 Å². The van der Waals surface area contributed by atoms with Gasteiger partial charge in [0.15, 0.2) is 6.10 Å². The van der Waals surface area contributed by atoms with Crippen molar-refractivity contribution in [2.45, 2.75) is 180 Å². The number of hydrogen-bond acceptors (Lipinski definition) is 7. The highest BCUT2D eigenvalue weighted by atomic mass is 16.7. The van der Waals surface area contributed by atoms with Gasteiger partial charge in [0.2, 0.25) is 0 Å². The van der Waals surface area contributed by atoms with E-state index >= 15 is 0 Å². The Morgan fingerprint density at radius 3 is 1.38 bits per heavy atom. The first-order chi connectivity index (χ1) is 30.6. The smallest absolute Gasteiger partial charge is 0.361 e. The Bertz CT molecular complexity index is 1350. The average molecular weight is 881 g/mol. The van der Waals surface area contributed by atoms with Crippen LogP contribution >= 0.6 is 0 Å². The zero-order valence-electron chi connectivity index (χ0n) is 40.4. The summed E-state index contributed by atoms with van der Waals surface area (Å²) >= 11 is 0. The van der Waals surface area contributed by atoms with Crippen molar-refractivity contribution < 1.29 is 42.9 Å². The first-order valence-corrected chi connectivity index (χ1v) is 24.4. The van der Waals surface area contributed by atoms with E-state index in [1.165, 1.54) is 32.1 Å². The number of quaternary nitrogens is 1. The molecule has 2 unspecified atom stereocenters. The Hall–Kier alpha value is -3.79. The van der Waals surface area contributed by atoms with Crippen molar-refractivity contribution in [2.75, 3.05) is 47.5 Å². The summed E-state index contributed by atoms with van der Waals surface area (Å²) < 4.78 is 22.7. The molecule has 358 valence electrons. The zero-order valence-corrected chi connectivity index (χ0v) is 40.4. The molecule has 63 heavy (non-hydrogen) atoms. The van der Waals surface area contributed by atoms with E-state index in [1.54, 1.807) is 0 Å². The van der Waals surface area contributed by atoms with Gasteiger partial charge in [0.25, 0.3) is 6.29 Å². The minimum Gasteiger partial charge on any atom is -0.477 e. The second-order valence-corrected chi connectivity index (χ2v) is 17.0. The van der Waals surface area contributed by atoms with Crippen molar-refractivity contribution in [3.63, 3.8) is 0 Å². The van der Waals surface area contributed by atoms with E-state index in [2.05, 4.69) is 111 Å². The van der Waals surface area contributed by atoms with Crippen molar-refractivity contribution in [1.82, 2.24) is 0 Å². The molecule has 0 spiro atoms. The molecule has 9 heteroatoms. The number of aliphatic carboxylic acids is 1.